The molecule has 48 heavy (non-hydrogen) atoms. The van der Waals surface area contributed by atoms with E-state index < -0.39 is 7.26 Å². The summed E-state index contributed by atoms with van der Waals surface area (Å²) < 4.78 is 16.0. The Morgan fingerprint density at radius 2 is 1.02 bits per heavy atom. The Kier molecular flexibility index (Phi) is 14.8. The van der Waals surface area contributed by atoms with Gasteiger partial charge in [0.1, 0.15) is 23.2 Å². The fourth-order valence-corrected chi connectivity index (χ4v) is 10.5. The van der Waals surface area contributed by atoms with Gasteiger partial charge in [0.25, 0.3) is 5.91 Å². The lowest BCUT2D eigenvalue weighted by Crippen LogP contribution is -2.33. The van der Waals surface area contributed by atoms with Crippen molar-refractivity contribution in [1.29, 1.82) is 0 Å². The second-order valence-corrected chi connectivity index (χ2v) is 15.4. The van der Waals surface area contributed by atoms with Crippen molar-refractivity contribution < 1.29 is 23.8 Å². The van der Waals surface area contributed by atoms with Gasteiger partial charge < -0.3 is 24.8 Å². The van der Waals surface area contributed by atoms with Crippen LogP contribution in [0.1, 0.15) is 61.7 Å². The number of methoxy groups -OCH3 is 3. The van der Waals surface area contributed by atoms with Crippen LogP contribution in [0.2, 0.25) is 0 Å². The van der Waals surface area contributed by atoms with E-state index in [0.717, 1.165) is 51.1 Å². The number of carbonyl (C=O) groups is 2. The van der Waals surface area contributed by atoms with Crippen molar-refractivity contribution in [3.8, 4) is 17.2 Å². The minimum Gasteiger partial charge on any atom is -0.493 e. The number of unbranched alkanes of at least 4 members (excludes halogenated alkanes) is 5. The summed E-state index contributed by atoms with van der Waals surface area (Å²) in [4.78, 5) is 25.2. The van der Waals surface area contributed by atoms with E-state index in [1.165, 1.54) is 37.2 Å². The number of carbonyl (C=O) groups excluding carboxylic acids is 2. The highest BCUT2D eigenvalue weighted by atomic mass is 31.2. The van der Waals surface area contributed by atoms with Crippen molar-refractivity contribution in [3.63, 3.8) is 0 Å². The zero-order valence-corrected chi connectivity index (χ0v) is 29.5. The lowest BCUT2D eigenvalue weighted by Gasteiger charge is -2.27. The molecule has 0 aliphatic carbocycles. The zero-order valence-electron chi connectivity index (χ0n) is 28.6. The van der Waals surface area contributed by atoms with Gasteiger partial charge in [-0.1, -0.05) is 67.4 Å². The molecular formula is C40H50N2O5P+. The van der Waals surface area contributed by atoms with Crippen molar-refractivity contribution in [3.05, 3.63) is 109 Å². The monoisotopic (exact) mass is 669 g/mol. The molecule has 0 aliphatic heterocycles. The van der Waals surface area contributed by atoms with Gasteiger partial charge in [-0.25, -0.2) is 0 Å². The Labute approximate surface area is 286 Å². The lowest BCUT2D eigenvalue weighted by atomic mass is 10.1. The van der Waals surface area contributed by atoms with Crippen LogP contribution in [0.5, 0.6) is 17.2 Å². The quantitative estimate of drug-likeness (QED) is 0.0811. The van der Waals surface area contributed by atoms with Crippen molar-refractivity contribution in [2.24, 2.45) is 0 Å². The SMILES string of the molecule is COc1cc(C(=O)NCCCCCCNC(=O)CCCCC[P+](c2ccccc2)(c2ccccc2)c2ccccc2)cc(OC)c1OC. The molecule has 0 spiro atoms. The summed E-state index contributed by atoms with van der Waals surface area (Å²) in [6.07, 6.45) is 8.35. The van der Waals surface area contributed by atoms with E-state index in [1.54, 1.807) is 12.1 Å². The van der Waals surface area contributed by atoms with Crippen LogP contribution < -0.4 is 40.8 Å². The Morgan fingerprint density at radius 3 is 1.48 bits per heavy atom. The molecule has 4 rings (SSSR count). The van der Waals surface area contributed by atoms with Gasteiger partial charge in [-0.15, -0.1) is 0 Å². The van der Waals surface area contributed by atoms with Crippen molar-refractivity contribution >= 4 is 35.0 Å². The van der Waals surface area contributed by atoms with Crippen LogP contribution in [0.15, 0.2) is 103 Å². The summed E-state index contributed by atoms with van der Waals surface area (Å²) in [7, 11) is 2.76. The second-order valence-electron chi connectivity index (χ2n) is 11.8. The first kappa shape index (κ1) is 36.5. The van der Waals surface area contributed by atoms with Crippen LogP contribution in [-0.2, 0) is 4.79 Å². The van der Waals surface area contributed by atoms with Crippen molar-refractivity contribution in [2.45, 2.75) is 51.4 Å². The summed E-state index contributed by atoms with van der Waals surface area (Å²) in [5.41, 5.74) is 0.455. The molecule has 2 amide bonds. The summed E-state index contributed by atoms with van der Waals surface area (Å²) in [6.45, 7) is 1.26. The molecule has 0 radical (unpaired) electrons. The van der Waals surface area contributed by atoms with Gasteiger partial charge in [-0.05, 0) is 80.6 Å². The van der Waals surface area contributed by atoms with Gasteiger partial charge in [0, 0.05) is 25.1 Å². The van der Waals surface area contributed by atoms with Gasteiger partial charge in [-0.2, -0.15) is 0 Å². The summed E-state index contributed by atoms with van der Waals surface area (Å²) in [5, 5.41) is 10.3. The molecule has 4 aromatic carbocycles. The fourth-order valence-electron chi connectivity index (χ4n) is 6.13. The van der Waals surface area contributed by atoms with Gasteiger partial charge in [0.05, 0.1) is 27.5 Å². The maximum absolute atomic E-state index is 12.7. The third kappa shape index (κ3) is 9.84. The van der Waals surface area contributed by atoms with Gasteiger partial charge >= 0.3 is 0 Å². The Bertz CT molecular complexity index is 1430. The summed E-state index contributed by atoms with van der Waals surface area (Å²) in [6, 6.07) is 36.2. The lowest BCUT2D eigenvalue weighted by molar-refractivity contribution is -0.121. The van der Waals surface area contributed by atoms with Crippen LogP contribution in [0.4, 0.5) is 0 Å². The molecular weight excluding hydrogens is 619 g/mol. The number of nitrogens with one attached hydrogen (secondary N) is 2. The predicted octanol–water partition coefficient (Wildman–Crippen LogP) is 6.67. The molecule has 8 heteroatoms. The van der Waals surface area contributed by atoms with E-state index in [0.29, 0.717) is 42.3 Å². The summed E-state index contributed by atoms with van der Waals surface area (Å²) >= 11 is 0. The van der Waals surface area contributed by atoms with Gasteiger partial charge in [-0.3, -0.25) is 9.59 Å². The van der Waals surface area contributed by atoms with E-state index in [9.17, 15) is 9.59 Å². The molecule has 0 aromatic heterocycles. The average molecular weight is 670 g/mol. The van der Waals surface area contributed by atoms with Crippen LogP contribution >= 0.6 is 7.26 Å². The molecule has 0 saturated carbocycles. The minimum absolute atomic E-state index is 0.128. The molecule has 0 atom stereocenters. The standard InChI is InChI=1S/C40H49N2O5P/c1-45-36-30-32(31-37(46-2)39(36)47-3)40(44)42-28-18-5-4-17-27-41-38(43)26-16-9-19-29-48(33-20-10-6-11-21-33,34-22-12-7-13-23-34)35-24-14-8-15-25-35/h6-8,10-15,20-25,30-31H,4-5,9,16-19,26-29H2,1-3H3,(H-,41,42,43,44)/p+1. The van der Waals surface area contributed by atoms with E-state index >= 15 is 0 Å². The molecule has 0 heterocycles. The van der Waals surface area contributed by atoms with E-state index in [4.69, 9.17) is 14.2 Å². The normalized spacial score (nSPS) is 11.1. The molecule has 7 nitrogen and oxygen atoms in total. The number of hydrogen-bond acceptors (Lipinski definition) is 5. The maximum atomic E-state index is 12.7. The number of benzene rings is 4. The molecule has 0 aliphatic rings. The van der Waals surface area contributed by atoms with Crippen LogP contribution in [-0.4, -0.2) is 52.4 Å². The third-order valence-corrected chi connectivity index (χ3v) is 13.2. The van der Waals surface area contributed by atoms with Gasteiger partial charge in [0.2, 0.25) is 11.7 Å². The molecule has 0 unspecified atom stereocenters. The highest BCUT2D eigenvalue weighted by Crippen LogP contribution is 2.56. The van der Waals surface area contributed by atoms with Crippen molar-refractivity contribution in [1.82, 2.24) is 10.6 Å². The number of amides is 2. The predicted molar refractivity (Wildman–Crippen MR) is 198 cm³/mol. The topological polar surface area (TPSA) is 85.9 Å². The molecule has 0 saturated heterocycles. The number of ether oxygens (including phenoxy) is 3. The second kappa shape index (κ2) is 19.5. The molecule has 0 bridgehead atoms. The molecule has 2 N–H and O–H groups in total. The molecule has 254 valence electrons. The third-order valence-electron chi connectivity index (χ3n) is 8.63. The smallest absolute Gasteiger partial charge is 0.251 e. The largest absolute Gasteiger partial charge is 0.493 e. The van der Waals surface area contributed by atoms with Crippen LogP contribution in [0.3, 0.4) is 0 Å². The first-order chi connectivity index (χ1) is 23.5. The van der Waals surface area contributed by atoms with E-state index in [2.05, 4.69) is 102 Å². The maximum Gasteiger partial charge on any atom is 0.251 e. The zero-order chi connectivity index (χ0) is 34.0. The van der Waals surface area contributed by atoms with E-state index in [1.807, 2.05) is 0 Å². The highest BCUT2D eigenvalue weighted by molar-refractivity contribution is 7.95. The first-order valence-electron chi connectivity index (χ1n) is 16.9. The first-order valence-corrected chi connectivity index (χ1v) is 18.9. The highest BCUT2D eigenvalue weighted by Gasteiger charge is 2.44. The van der Waals surface area contributed by atoms with Gasteiger partial charge in [0.15, 0.2) is 11.5 Å². The minimum atomic E-state index is -1.82. The Hall–Kier alpha value is -4.35. The van der Waals surface area contributed by atoms with Crippen LogP contribution in [0.25, 0.3) is 0 Å². The number of hydrogen-bond donors (Lipinski definition) is 2. The van der Waals surface area contributed by atoms with Crippen LogP contribution in [0, 0.1) is 0 Å². The fraction of sp³-hybridized carbons (Fsp3) is 0.350. The summed E-state index contributed by atoms with van der Waals surface area (Å²) in [5.74, 6) is 1.29. The molecule has 0 fully saturated rings. The average Bonchev–Trinajstić information content (AvgIpc) is 3.14. The van der Waals surface area contributed by atoms with Crippen molar-refractivity contribution in [2.75, 3.05) is 40.6 Å². The number of rotatable bonds is 20. The Morgan fingerprint density at radius 1 is 0.562 bits per heavy atom. The Balaban J connectivity index is 1.15. The molecule has 4 aromatic rings. The van der Waals surface area contributed by atoms with E-state index in [-0.39, 0.29) is 11.8 Å².